The van der Waals surface area contributed by atoms with E-state index in [2.05, 4.69) is 44.0 Å². The Morgan fingerprint density at radius 3 is 2.20 bits per heavy atom. The van der Waals surface area contributed by atoms with E-state index in [0.29, 0.717) is 12.2 Å². The van der Waals surface area contributed by atoms with Gasteiger partial charge in [0.25, 0.3) is 0 Å². The Hall–Kier alpha value is -2.78. The van der Waals surface area contributed by atoms with Gasteiger partial charge >= 0.3 is 6.36 Å². The van der Waals surface area contributed by atoms with E-state index in [1.165, 1.54) is 29.8 Å². The predicted octanol–water partition coefficient (Wildman–Crippen LogP) is 3.26. The van der Waals surface area contributed by atoms with Gasteiger partial charge in [-0.05, 0) is 42.4 Å². The Labute approximate surface area is 174 Å². The number of halogens is 3. The third-order valence-electron chi connectivity index (χ3n) is 4.82. The van der Waals surface area contributed by atoms with Gasteiger partial charge in [0.2, 0.25) is 0 Å². The number of likely N-dealkylation sites (N-methyl/N-ethyl adjacent to an activating group) is 1. The number of hydrogen-bond acceptors (Lipinski definition) is 4. The van der Waals surface area contributed by atoms with Gasteiger partial charge in [0.1, 0.15) is 5.75 Å². The number of anilines is 1. The van der Waals surface area contributed by atoms with Crippen molar-refractivity contribution in [2.45, 2.75) is 19.5 Å². The first-order chi connectivity index (χ1) is 14.3. The van der Waals surface area contributed by atoms with Crippen LogP contribution in [0.25, 0.3) is 0 Å². The molecule has 0 spiro atoms. The number of piperazine rings is 1. The van der Waals surface area contributed by atoms with E-state index in [1.807, 2.05) is 12.1 Å². The lowest BCUT2D eigenvalue weighted by molar-refractivity contribution is -0.274. The summed E-state index contributed by atoms with van der Waals surface area (Å²) in [6, 6.07) is 13.6. The van der Waals surface area contributed by atoms with Gasteiger partial charge in [0, 0.05) is 38.4 Å². The van der Waals surface area contributed by atoms with Crippen LogP contribution in [0.5, 0.6) is 5.75 Å². The van der Waals surface area contributed by atoms with Crippen molar-refractivity contribution in [3.8, 4) is 5.75 Å². The largest absolute Gasteiger partial charge is 0.573 e. The topological polar surface area (TPSA) is 66.1 Å². The SMILES string of the molecule is CN1CCN(Cc2ccc(CN=C(N)Nc3ccc(OC(F)(F)F)cc3)cc2)CC1. The Bertz CT molecular complexity index is 829. The number of hydrogen-bond donors (Lipinski definition) is 2. The van der Waals surface area contributed by atoms with Crippen LogP contribution in [-0.4, -0.2) is 55.3 Å². The predicted molar refractivity (Wildman–Crippen MR) is 111 cm³/mol. The fourth-order valence-corrected chi connectivity index (χ4v) is 3.12. The van der Waals surface area contributed by atoms with Crippen LogP contribution in [0.2, 0.25) is 0 Å². The zero-order valence-corrected chi connectivity index (χ0v) is 16.8. The Morgan fingerprint density at radius 1 is 1.00 bits per heavy atom. The number of alkyl halides is 3. The molecule has 1 fully saturated rings. The second kappa shape index (κ2) is 9.82. The molecule has 0 bridgehead atoms. The first-order valence-corrected chi connectivity index (χ1v) is 9.68. The highest BCUT2D eigenvalue weighted by atomic mass is 19.4. The fourth-order valence-electron chi connectivity index (χ4n) is 3.12. The summed E-state index contributed by atoms with van der Waals surface area (Å²) in [6.45, 7) is 5.69. The molecule has 0 radical (unpaired) electrons. The zero-order valence-electron chi connectivity index (χ0n) is 16.8. The number of ether oxygens (including phenoxy) is 1. The first kappa shape index (κ1) is 21.9. The summed E-state index contributed by atoms with van der Waals surface area (Å²) in [4.78, 5) is 9.06. The number of nitrogens with zero attached hydrogens (tertiary/aromatic N) is 3. The molecule has 1 aliphatic heterocycles. The summed E-state index contributed by atoms with van der Waals surface area (Å²) < 4.78 is 40.4. The number of benzene rings is 2. The maximum atomic E-state index is 12.2. The van der Waals surface area contributed by atoms with Gasteiger partial charge in [-0.2, -0.15) is 0 Å². The minimum Gasteiger partial charge on any atom is -0.406 e. The van der Waals surface area contributed by atoms with Gasteiger partial charge in [-0.3, -0.25) is 4.90 Å². The maximum absolute atomic E-state index is 12.2. The molecule has 2 aromatic rings. The lowest BCUT2D eigenvalue weighted by Gasteiger charge is -2.32. The van der Waals surface area contributed by atoms with Gasteiger partial charge in [0.15, 0.2) is 5.96 Å². The lowest BCUT2D eigenvalue weighted by Crippen LogP contribution is -2.43. The van der Waals surface area contributed by atoms with Crippen LogP contribution >= 0.6 is 0 Å². The Kier molecular flexibility index (Phi) is 7.17. The van der Waals surface area contributed by atoms with E-state index < -0.39 is 6.36 Å². The molecule has 0 saturated carbocycles. The molecule has 1 heterocycles. The summed E-state index contributed by atoms with van der Waals surface area (Å²) in [6.07, 6.45) is -4.71. The zero-order chi connectivity index (χ0) is 21.6. The second-order valence-electron chi connectivity index (χ2n) is 7.29. The fraction of sp³-hybridized carbons (Fsp3) is 0.381. The smallest absolute Gasteiger partial charge is 0.406 e. The van der Waals surface area contributed by atoms with Crippen molar-refractivity contribution in [2.24, 2.45) is 10.7 Å². The third kappa shape index (κ3) is 7.23. The molecular formula is C21H26F3N5O. The summed E-state index contributed by atoms with van der Waals surface area (Å²) >= 11 is 0. The molecule has 1 saturated heterocycles. The van der Waals surface area contributed by atoms with Crippen molar-refractivity contribution in [1.82, 2.24) is 9.80 Å². The van der Waals surface area contributed by atoms with E-state index in [1.54, 1.807) is 0 Å². The standard InChI is InChI=1S/C21H26F3N5O/c1-28-10-12-29(13-11-28)15-17-4-2-16(3-5-17)14-26-20(25)27-18-6-8-19(9-7-18)30-21(22,23)24/h2-9H,10-15H2,1H3,(H3,25,26,27). The average molecular weight is 421 g/mol. The molecule has 30 heavy (non-hydrogen) atoms. The highest BCUT2D eigenvalue weighted by molar-refractivity contribution is 5.92. The van der Waals surface area contributed by atoms with Gasteiger partial charge in [0.05, 0.1) is 6.54 Å². The van der Waals surface area contributed by atoms with E-state index in [9.17, 15) is 13.2 Å². The number of rotatable bonds is 6. The molecule has 9 heteroatoms. The summed E-state index contributed by atoms with van der Waals surface area (Å²) in [7, 11) is 2.14. The Morgan fingerprint density at radius 2 is 1.60 bits per heavy atom. The van der Waals surface area contributed by atoms with Crippen molar-refractivity contribution in [1.29, 1.82) is 0 Å². The van der Waals surface area contributed by atoms with Gasteiger partial charge in [-0.1, -0.05) is 24.3 Å². The second-order valence-corrected chi connectivity index (χ2v) is 7.29. The van der Waals surface area contributed by atoms with Crippen molar-refractivity contribution in [3.63, 3.8) is 0 Å². The van der Waals surface area contributed by atoms with Crippen molar-refractivity contribution < 1.29 is 17.9 Å². The summed E-state index contributed by atoms with van der Waals surface area (Å²) in [5.41, 5.74) is 8.68. The molecule has 0 atom stereocenters. The molecular weight excluding hydrogens is 395 g/mol. The van der Waals surface area contributed by atoms with Crippen LogP contribution in [0, 0.1) is 0 Å². The molecule has 2 aromatic carbocycles. The van der Waals surface area contributed by atoms with Crippen LogP contribution in [0.1, 0.15) is 11.1 Å². The highest BCUT2D eigenvalue weighted by Crippen LogP contribution is 2.23. The third-order valence-corrected chi connectivity index (χ3v) is 4.82. The normalized spacial score (nSPS) is 16.5. The van der Waals surface area contributed by atoms with Gasteiger partial charge in [-0.25, -0.2) is 4.99 Å². The van der Waals surface area contributed by atoms with E-state index in [0.717, 1.165) is 38.3 Å². The van der Waals surface area contributed by atoms with Crippen LogP contribution < -0.4 is 15.8 Å². The monoisotopic (exact) mass is 421 g/mol. The molecule has 6 nitrogen and oxygen atoms in total. The van der Waals surface area contributed by atoms with Crippen molar-refractivity contribution in [2.75, 3.05) is 38.5 Å². The minimum atomic E-state index is -4.71. The van der Waals surface area contributed by atoms with Crippen LogP contribution in [0.15, 0.2) is 53.5 Å². The van der Waals surface area contributed by atoms with Crippen molar-refractivity contribution >= 4 is 11.6 Å². The van der Waals surface area contributed by atoms with E-state index in [-0.39, 0.29) is 11.7 Å². The summed E-state index contributed by atoms with van der Waals surface area (Å²) in [5.74, 6) is -0.110. The number of guanidine groups is 1. The molecule has 0 aromatic heterocycles. The lowest BCUT2D eigenvalue weighted by atomic mass is 10.1. The average Bonchev–Trinajstić information content (AvgIpc) is 2.70. The summed E-state index contributed by atoms with van der Waals surface area (Å²) in [5, 5.41) is 2.85. The highest BCUT2D eigenvalue weighted by Gasteiger charge is 2.30. The van der Waals surface area contributed by atoms with Crippen LogP contribution in [0.4, 0.5) is 18.9 Å². The maximum Gasteiger partial charge on any atom is 0.573 e. The minimum absolute atomic E-state index is 0.181. The molecule has 1 aliphatic rings. The molecule has 3 N–H and O–H groups in total. The number of aliphatic imine (C=N–C) groups is 1. The molecule has 3 rings (SSSR count). The van der Waals surface area contributed by atoms with Gasteiger partial charge < -0.3 is 20.7 Å². The van der Waals surface area contributed by atoms with Crippen molar-refractivity contribution in [3.05, 3.63) is 59.7 Å². The molecule has 0 unspecified atom stereocenters. The number of nitrogens with one attached hydrogen (secondary N) is 1. The van der Waals surface area contributed by atoms with Gasteiger partial charge in [-0.15, -0.1) is 13.2 Å². The quantitative estimate of drug-likeness (QED) is 0.554. The first-order valence-electron chi connectivity index (χ1n) is 9.68. The van der Waals surface area contributed by atoms with E-state index >= 15 is 0 Å². The number of nitrogens with two attached hydrogens (primary N) is 1. The van der Waals surface area contributed by atoms with Crippen LogP contribution in [-0.2, 0) is 13.1 Å². The van der Waals surface area contributed by atoms with E-state index in [4.69, 9.17) is 5.73 Å². The Balaban J connectivity index is 1.48. The van der Waals surface area contributed by atoms with Crippen LogP contribution in [0.3, 0.4) is 0 Å². The molecule has 0 amide bonds. The molecule has 162 valence electrons. The molecule has 0 aliphatic carbocycles.